The predicted octanol–water partition coefficient (Wildman–Crippen LogP) is 1.81. The van der Waals surface area contributed by atoms with Crippen molar-refractivity contribution in [1.82, 2.24) is 5.32 Å². The summed E-state index contributed by atoms with van der Waals surface area (Å²) in [5, 5.41) is 12.4. The van der Waals surface area contributed by atoms with E-state index in [0.29, 0.717) is 24.8 Å². The summed E-state index contributed by atoms with van der Waals surface area (Å²) in [4.78, 5) is 12.2. The molecule has 4 heteroatoms. The molecule has 2 rings (SSSR count). The molecule has 2 aliphatic carbocycles. The Morgan fingerprint density at radius 2 is 1.85 bits per heavy atom. The summed E-state index contributed by atoms with van der Waals surface area (Å²) in [5.41, 5.74) is 5.99. The summed E-state index contributed by atoms with van der Waals surface area (Å²) < 4.78 is 0. The van der Waals surface area contributed by atoms with E-state index in [-0.39, 0.29) is 17.9 Å². The molecular weight excluding hydrogens is 252 g/mol. The molecule has 0 radical (unpaired) electrons. The van der Waals surface area contributed by atoms with Gasteiger partial charge in [-0.25, -0.2) is 0 Å². The lowest BCUT2D eigenvalue weighted by molar-refractivity contribution is -0.124. The Bertz CT molecular complexity index is 314. The Hall–Kier alpha value is -0.610. The van der Waals surface area contributed by atoms with Crippen molar-refractivity contribution in [2.45, 2.75) is 57.8 Å². The SMILES string of the molecule is NCC1(CC(=O)NCC2CCCC2CO)CCCCC1. The minimum atomic E-state index is 0.0500. The number of aliphatic hydroxyl groups is 1. The van der Waals surface area contributed by atoms with Crippen LogP contribution in [0.15, 0.2) is 0 Å². The van der Waals surface area contributed by atoms with Crippen molar-refractivity contribution in [3.05, 3.63) is 0 Å². The van der Waals surface area contributed by atoms with Crippen molar-refractivity contribution in [3.63, 3.8) is 0 Å². The number of carbonyl (C=O) groups is 1. The first-order valence-electron chi connectivity index (χ1n) is 8.27. The molecule has 0 aromatic rings. The van der Waals surface area contributed by atoms with Gasteiger partial charge in [0.05, 0.1) is 0 Å². The van der Waals surface area contributed by atoms with Crippen LogP contribution in [0.25, 0.3) is 0 Å². The lowest BCUT2D eigenvalue weighted by Crippen LogP contribution is -2.40. The third kappa shape index (κ3) is 3.95. The number of nitrogens with two attached hydrogens (primary N) is 1. The monoisotopic (exact) mass is 282 g/mol. The highest BCUT2D eigenvalue weighted by Gasteiger charge is 2.33. The van der Waals surface area contributed by atoms with Crippen molar-refractivity contribution in [1.29, 1.82) is 0 Å². The summed E-state index contributed by atoms with van der Waals surface area (Å²) in [6.07, 6.45) is 9.89. The van der Waals surface area contributed by atoms with Crippen molar-refractivity contribution < 1.29 is 9.90 Å². The number of carbonyl (C=O) groups excluding carboxylic acids is 1. The molecule has 2 fully saturated rings. The van der Waals surface area contributed by atoms with Crippen molar-refractivity contribution in [3.8, 4) is 0 Å². The second kappa shape index (κ2) is 7.41. The zero-order valence-electron chi connectivity index (χ0n) is 12.6. The van der Waals surface area contributed by atoms with Gasteiger partial charge in [0.25, 0.3) is 0 Å². The highest BCUT2D eigenvalue weighted by atomic mass is 16.3. The lowest BCUT2D eigenvalue weighted by atomic mass is 9.71. The zero-order chi connectivity index (χ0) is 14.4. The van der Waals surface area contributed by atoms with Gasteiger partial charge in [0, 0.05) is 19.6 Å². The molecule has 116 valence electrons. The van der Waals surface area contributed by atoms with Crippen LogP contribution in [-0.4, -0.2) is 30.7 Å². The Morgan fingerprint density at radius 3 is 2.50 bits per heavy atom. The van der Waals surface area contributed by atoms with Crippen LogP contribution in [0.3, 0.4) is 0 Å². The Kier molecular flexibility index (Phi) is 5.85. The number of hydrogen-bond acceptors (Lipinski definition) is 3. The summed E-state index contributed by atoms with van der Waals surface area (Å²) in [5.74, 6) is 0.999. The molecule has 0 bridgehead atoms. The molecule has 4 N–H and O–H groups in total. The quantitative estimate of drug-likeness (QED) is 0.695. The van der Waals surface area contributed by atoms with Crippen LogP contribution in [0.4, 0.5) is 0 Å². The van der Waals surface area contributed by atoms with Gasteiger partial charge in [0.2, 0.25) is 5.91 Å². The molecule has 1 amide bonds. The lowest BCUT2D eigenvalue weighted by Gasteiger charge is -2.35. The van der Waals surface area contributed by atoms with Gasteiger partial charge >= 0.3 is 0 Å². The Morgan fingerprint density at radius 1 is 1.15 bits per heavy atom. The summed E-state index contributed by atoms with van der Waals surface area (Å²) in [6.45, 7) is 1.61. The fourth-order valence-electron chi connectivity index (χ4n) is 4.03. The highest BCUT2D eigenvalue weighted by Crippen LogP contribution is 2.38. The van der Waals surface area contributed by atoms with E-state index in [4.69, 9.17) is 5.73 Å². The molecule has 0 spiro atoms. The fraction of sp³-hybridized carbons (Fsp3) is 0.938. The molecular formula is C16H30N2O2. The van der Waals surface area contributed by atoms with Crippen LogP contribution in [0.5, 0.6) is 0 Å². The third-order valence-electron chi connectivity index (χ3n) is 5.50. The first kappa shape index (κ1) is 15.8. The molecule has 2 unspecified atom stereocenters. The molecule has 20 heavy (non-hydrogen) atoms. The average Bonchev–Trinajstić information content (AvgIpc) is 2.93. The second-order valence-electron chi connectivity index (χ2n) is 6.88. The number of nitrogens with one attached hydrogen (secondary N) is 1. The molecule has 0 aromatic heterocycles. The van der Waals surface area contributed by atoms with Gasteiger partial charge in [0.1, 0.15) is 0 Å². The topological polar surface area (TPSA) is 75.4 Å². The second-order valence-corrected chi connectivity index (χ2v) is 6.88. The van der Waals surface area contributed by atoms with E-state index in [0.717, 1.165) is 32.2 Å². The van der Waals surface area contributed by atoms with Gasteiger partial charge in [-0.2, -0.15) is 0 Å². The van der Waals surface area contributed by atoms with Gasteiger partial charge in [-0.1, -0.05) is 25.7 Å². The molecule has 0 aromatic carbocycles. The number of aliphatic hydroxyl groups excluding tert-OH is 1. The smallest absolute Gasteiger partial charge is 0.220 e. The average molecular weight is 282 g/mol. The predicted molar refractivity (Wildman–Crippen MR) is 80.1 cm³/mol. The van der Waals surface area contributed by atoms with Crippen molar-refractivity contribution in [2.75, 3.05) is 19.7 Å². The minimum absolute atomic E-state index is 0.0500. The van der Waals surface area contributed by atoms with Crippen LogP contribution in [0, 0.1) is 17.3 Å². The third-order valence-corrected chi connectivity index (χ3v) is 5.50. The minimum Gasteiger partial charge on any atom is -0.396 e. The van der Waals surface area contributed by atoms with Crippen LogP contribution in [0.1, 0.15) is 57.8 Å². The van der Waals surface area contributed by atoms with Crippen LogP contribution >= 0.6 is 0 Å². The van der Waals surface area contributed by atoms with Gasteiger partial charge < -0.3 is 16.2 Å². The van der Waals surface area contributed by atoms with Crippen molar-refractivity contribution in [2.24, 2.45) is 23.0 Å². The maximum atomic E-state index is 12.2. The Balaban J connectivity index is 1.76. The summed E-state index contributed by atoms with van der Waals surface area (Å²) in [7, 11) is 0. The largest absolute Gasteiger partial charge is 0.396 e. The molecule has 2 aliphatic rings. The van der Waals surface area contributed by atoms with E-state index in [2.05, 4.69) is 5.32 Å². The van der Waals surface area contributed by atoms with Crippen LogP contribution in [0.2, 0.25) is 0 Å². The number of amides is 1. The normalized spacial score (nSPS) is 29.3. The first-order valence-corrected chi connectivity index (χ1v) is 8.27. The van der Waals surface area contributed by atoms with E-state index in [1.54, 1.807) is 0 Å². The van der Waals surface area contributed by atoms with E-state index >= 15 is 0 Å². The van der Waals surface area contributed by atoms with Gasteiger partial charge in [0.15, 0.2) is 0 Å². The van der Waals surface area contributed by atoms with Gasteiger partial charge in [-0.05, 0) is 49.5 Å². The van der Waals surface area contributed by atoms with E-state index in [1.807, 2.05) is 0 Å². The zero-order valence-corrected chi connectivity index (χ0v) is 12.6. The van der Waals surface area contributed by atoms with Gasteiger partial charge in [-0.3, -0.25) is 4.79 Å². The van der Waals surface area contributed by atoms with E-state index < -0.39 is 0 Å². The van der Waals surface area contributed by atoms with E-state index in [9.17, 15) is 9.90 Å². The van der Waals surface area contributed by atoms with Crippen LogP contribution < -0.4 is 11.1 Å². The standard InChI is InChI=1S/C16H30N2O2/c17-12-16(7-2-1-3-8-16)9-15(20)18-10-13-5-4-6-14(13)11-19/h13-14,19H,1-12,17H2,(H,18,20). The Labute approximate surface area is 122 Å². The first-order chi connectivity index (χ1) is 9.69. The van der Waals surface area contributed by atoms with Crippen LogP contribution in [-0.2, 0) is 4.79 Å². The van der Waals surface area contributed by atoms with E-state index in [1.165, 1.54) is 25.7 Å². The van der Waals surface area contributed by atoms with Crippen molar-refractivity contribution >= 4 is 5.91 Å². The molecule has 2 saturated carbocycles. The number of hydrogen-bond donors (Lipinski definition) is 3. The molecule has 4 nitrogen and oxygen atoms in total. The summed E-state index contributed by atoms with van der Waals surface area (Å²) in [6, 6.07) is 0. The highest BCUT2D eigenvalue weighted by molar-refractivity contribution is 5.76. The maximum absolute atomic E-state index is 12.2. The summed E-state index contributed by atoms with van der Waals surface area (Å²) >= 11 is 0. The molecule has 0 heterocycles. The molecule has 0 aliphatic heterocycles. The maximum Gasteiger partial charge on any atom is 0.220 e. The molecule has 2 atom stereocenters. The van der Waals surface area contributed by atoms with Gasteiger partial charge in [-0.15, -0.1) is 0 Å². The molecule has 0 saturated heterocycles. The fourth-order valence-corrected chi connectivity index (χ4v) is 4.03. The number of rotatable bonds is 6.